The molecule has 0 aromatic heterocycles. The van der Waals surface area contributed by atoms with Crippen molar-refractivity contribution in [3.63, 3.8) is 0 Å². The molecule has 5 heteroatoms. The fourth-order valence-corrected chi connectivity index (χ4v) is 3.31. The molecule has 0 heterocycles. The summed E-state index contributed by atoms with van der Waals surface area (Å²) in [4.78, 5) is 24.1. The Morgan fingerprint density at radius 3 is 2.54 bits per heavy atom. The van der Waals surface area contributed by atoms with Gasteiger partial charge in [0.25, 0.3) is 0 Å². The topological polar surface area (TPSA) is 75.6 Å². The first kappa shape index (κ1) is 18.3. The molecule has 0 aliphatic heterocycles. The lowest BCUT2D eigenvalue weighted by molar-refractivity contribution is -0.147. The van der Waals surface area contributed by atoms with Gasteiger partial charge in [0.1, 0.15) is 5.75 Å². The van der Waals surface area contributed by atoms with E-state index in [1.54, 1.807) is 21.0 Å². The Bertz CT molecular complexity index is 603. The normalized spacial score (nSPS) is 16.6. The van der Waals surface area contributed by atoms with Gasteiger partial charge < -0.3 is 15.2 Å². The van der Waals surface area contributed by atoms with Crippen molar-refractivity contribution >= 4 is 11.9 Å². The van der Waals surface area contributed by atoms with Gasteiger partial charge in [-0.25, -0.2) is 0 Å². The van der Waals surface area contributed by atoms with Crippen LogP contribution in [-0.4, -0.2) is 30.6 Å². The Balaban J connectivity index is 2.12. The highest BCUT2D eigenvalue weighted by atomic mass is 16.5. The fraction of sp³-hybridized carbons (Fsp3) is 0.579. The average molecular weight is 333 g/mol. The first-order chi connectivity index (χ1) is 11.3. The molecule has 1 saturated carbocycles. The molecular weight excluding hydrogens is 306 g/mol. The molecule has 1 aromatic carbocycles. The largest absolute Gasteiger partial charge is 0.497 e. The highest BCUT2D eigenvalue weighted by Crippen LogP contribution is 2.42. The van der Waals surface area contributed by atoms with Gasteiger partial charge in [-0.3, -0.25) is 9.59 Å². The van der Waals surface area contributed by atoms with Crippen LogP contribution in [0.25, 0.3) is 0 Å². The predicted molar refractivity (Wildman–Crippen MR) is 92.2 cm³/mol. The summed E-state index contributed by atoms with van der Waals surface area (Å²) in [5, 5.41) is 12.1. The first-order valence-corrected chi connectivity index (χ1v) is 8.48. The predicted octanol–water partition coefficient (Wildman–Crippen LogP) is 3.12. The second-order valence-electron chi connectivity index (χ2n) is 7.22. The molecule has 2 rings (SSSR count). The summed E-state index contributed by atoms with van der Waals surface area (Å²) in [6.45, 7) is 3.72. The highest BCUT2D eigenvalue weighted by Gasteiger charge is 2.42. The number of carbonyl (C=O) groups is 2. The molecule has 1 fully saturated rings. The third-order valence-corrected chi connectivity index (χ3v) is 5.13. The van der Waals surface area contributed by atoms with Crippen LogP contribution in [0.1, 0.15) is 51.5 Å². The van der Waals surface area contributed by atoms with Crippen LogP contribution in [0, 0.1) is 5.41 Å². The summed E-state index contributed by atoms with van der Waals surface area (Å²) >= 11 is 0. The summed E-state index contributed by atoms with van der Waals surface area (Å²) in [7, 11) is 1.62. The minimum absolute atomic E-state index is 0.00515. The number of amides is 1. The molecule has 0 spiro atoms. The monoisotopic (exact) mass is 333 g/mol. The number of nitrogens with one attached hydrogen (secondary N) is 1. The zero-order valence-electron chi connectivity index (χ0n) is 14.7. The first-order valence-electron chi connectivity index (χ1n) is 8.48. The zero-order valence-corrected chi connectivity index (χ0v) is 14.7. The van der Waals surface area contributed by atoms with Crippen LogP contribution in [0.15, 0.2) is 24.3 Å². The standard InChI is InChI=1S/C19H27NO4/c1-18(2,17(22)23)11-12-20-16(21)19(9-4-5-10-19)14-7-6-8-15(13-14)24-3/h6-8,13H,4-5,9-12H2,1-3H3,(H,20,21)(H,22,23). The smallest absolute Gasteiger partial charge is 0.309 e. The van der Waals surface area contributed by atoms with E-state index in [9.17, 15) is 14.7 Å². The van der Waals surface area contributed by atoms with Crippen LogP contribution in [-0.2, 0) is 15.0 Å². The summed E-state index contributed by atoms with van der Waals surface area (Å²) < 4.78 is 5.29. The van der Waals surface area contributed by atoms with E-state index in [1.807, 2.05) is 24.3 Å². The van der Waals surface area contributed by atoms with Crippen molar-refractivity contribution in [2.45, 2.75) is 51.4 Å². The molecule has 24 heavy (non-hydrogen) atoms. The van der Waals surface area contributed by atoms with Crippen LogP contribution in [0.5, 0.6) is 5.75 Å². The van der Waals surface area contributed by atoms with E-state index in [1.165, 1.54) is 0 Å². The van der Waals surface area contributed by atoms with Gasteiger partial charge in [-0.05, 0) is 50.8 Å². The van der Waals surface area contributed by atoms with Gasteiger partial charge >= 0.3 is 5.97 Å². The molecule has 0 unspecified atom stereocenters. The summed E-state index contributed by atoms with van der Waals surface area (Å²) in [5.74, 6) is -0.104. The fourth-order valence-electron chi connectivity index (χ4n) is 3.31. The van der Waals surface area contributed by atoms with E-state index in [-0.39, 0.29) is 5.91 Å². The third kappa shape index (κ3) is 3.71. The van der Waals surface area contributed by atoms with Gasteiger partial charge in [0.05, 0.1) is 17.9 Å². The molecular formula is C19H27NO4. The van der Waals surface area contributed by atoms with E-state index in [2.05, 4.69) is 5.32 Å². The molecule has 0 saturated heterocycles. The maximum Gasteiger partial charge on any atom is 0.309 e. The average Bonchev–Trinajstić information content (AvgIpc) is 3.05. The number of ether oxygens (including phenoxy) is 1. The minimum atomic E-state index is -0.847. The van der Waals surface area contributed by atoms with E-state index >= 15 is 0 Å². The number of carbonyl (C=O) groups excluding carboxylic acids is 1. The van der Waals surface area contributed by atoms with Crippen molar-refractivity contribution in [2.24, 2.45) is 5.41 Å². The molecule has 1 aliphatic rings. The molecule has 2 N–H and O–H groups in total. The van der Waals surface area contributed by atoms with Crippen molar-refractivity contribution in [2.75, 3.05) is 13.7 Å². The molecule has 5 nitrogen and oxygen atoms in total. The number of aliphatic carboxylic acids is 1. The lowest BCUT2D eigenvalue weighted by Gasteiger charge is -2.29. The van der Waals surface area contributed by atoms with Crippen LogP contribution in [0.3, 0.4) is 0 Å². The van der Waals surface area contributed by atoms with Crippen molar-refractivity contribution in [3.8, 4) is 5.75 Å². The van der Waals surface area contributed by atoms with E-state index in [4.69, 9.17) is 4.74 Å². The van der Waals surface area contributed by atoms with Gasteiger partial charge in [0.2, 0.25) is 5.91 Å². The van der Waals surface area contributed by atoms with Gasteiger partial charge in [-0.2, -0.15) is 0 Å². The van der Waals surface area contributed by atoms with Crippen LogP contribution >= 0.6 is 0 Å². The zero-order chi connectivity index (χ0) is 17.8. The lowest BCUT2D eigenvalue weighted by Crippen LogP contribution is -2.44. The van der Waals surface area contributed by atoms with Gasteiger partial charge in [0.15, 0.2) is 0 Å². The summed E-state index contributed by atoms with van der Waals surface area (Å²) in [6.07, 6.45) is 4.07. The number of benzene rings is 1. The van der Waals surface area contributed by atoms with Crippen LogP contribution in [0.4, 0.5) is 0 Å². The van der Waals surface area contributed by atoms with E-state index in [0.717, 1.165) is 37.0 Å². The second kappa shape index (κ2) is 7.24. The minimum Gasteiger partial charge on any atom is -0.497 e. The molecule has 0 bridgehead atoms. The molecule has 1 amide bonds. The van der Waals surface area contributed by atoms with E-state index < -0.39 is 16.8 Å². The molecule has 0 atom stereocenters. The SMILES string of the molecule is COc1cccc(C2(C(=O)NCCC(C)(C)C(=O)O)CCCC2)c1. The highest BCUT2D eigenvalue weighted by molar-refractivity contribution is 5.88. The van der Waals surface area contributed by atoms with Crippen LogP contribution < -0.4 is 10.1 Å². The second-order valence-corrected chi connectivity index (χ2v) is 7.22. The Morgan fingerprint density at radius 2 is 1.96 bits per heavy atom. The molecule has 1 aliphatic carbocycles. The third-order valence-electron chi connectivity index (χ3n) is 5.13. The molecule has 0 radical (unpaired) electrons. The summed E-state index contributed by atoms with van der Waals surface area (Å²) in [5.41, 5.74) is -0.386. The van der Waals surface area contributed by atoms with Gasteiger partial charge in [0, 0.05) is 6.54 Å². The Morgan fingerprint density at radius 1 is 1.29 bits per heavy atom. The Labute approximate surface area is 143 Å². The number of methoxy groups -OCH3 is 1. The maximum atomic E-state index is 12.9. The maximum absolute atomic E-state index is 12.9. The van der Waals surface area contributed by atoms with Crippen molar-refractivity contribution in [1.82, 2.24) is 5.32 Å². The number of carboxylic acid groups (broad SMARTS) is 1. The molecule has 132 valence electrons. The Hall–Kier alpha value is -2.04. The Kier molecular flexibility index (Phi) is 5.52. The molecule has 1 aromatic rings. The quantitative estimate of drug-likeness (QED) is 0.804. The van der Waals surface area contributed by atoms with Gasteiger partial charge in [-0.1, -0.05) is 25.0 Å². The number of carboxylic acids is 1. The summed E-state index contributed by atoms with van der Waals surface area (Å²) in [6, 6.07) is 7.70. The van der Waals surface area contributed by atoms with Crippen molar-refractivity contribution in [3.05, 3.63) is 29.8 Å². The lowest BCUT2D eigenvalue weighted by atomic mass is 9.77. The van der Waals surface area contributed by atoms with Gasteiger partial charge in [-0.15, -0.1) is 0 Å². The van der Waals surface area contributed by atoms with E-state index in [0.29, 0.717) is 13.0 Å². The number of hydrogen-bond donors (Lipinski definition) is 2. The number of rotatable bonds is 7. The number of hydrogen-bond acceptors (Lipinski definition) is 3. The van der Waals surface area contributed by atoms with Crippen molar-refractivity contribution < 1.29 is 19.4 Å². The van der Waals surface area contributed by atoms with Crippen LogP contribution in [0.2, 0.25) is 0 Å². The van der Waals surface area contributed by atoms with Crippen molar-refractivity contribution in [1.29, 1.82) is 0 Å².